The number of aromatic nitrogens is 5. The molecule has 0 fully saturated rings. The van der Waals surface area contributed by atoms with Crippen LogP contribution in [0.3, 0.4) is 0 Å². The Morgan fingerprint density at radius 3 is 2.69 bits per heavy atom. The van der Waals surface area contributed by atoms with Gasteiger partial charge in [-0.15, -0.1) is 0 Å². The van der Waals surface area contributed by atoms with Crippen LogP contribution in [0.5, 0.6) is 0 Å². The first kappa shape index (κ1) is 14.7. The number of hydrogen-bond acceptors (Lipinski definition) is 4. The molecule has 0 atom stereocenters. The summed E-state index contributed by atoms with van der Waals surface area (Å²) in [6.07, 6.45) is 5.53. The van der Waals surface area contributed by atoms with Crippen LogP contribution < -0.4 is 0 Å². The lowest BCUT2D eigenvalue weighted by atomic mass is 10.1. The van der Waals surface area contributed by atoms with Crippen molar-refractivity contribution in [2.24, 2.45) is 0 Å². The predicted molar refractivity (Wildman–Crippen MR) is 102 cm³/mol. The molecule has 0 spiro atoms. The molecule has 0 bridgehead atoms. The normalized spacial score (nSPS) is 11.3. The van der Waals surface area contributed by atoms with Gasteiger partial charge < -0.3 is 0 Å². The van der Waals surface area contributed by atoms with Gasteiger partial charge >= 0.3 is 0 Å². The van der Waals surface area contributed by atoms with Gasteiger partial charge in [0, 0.05) is 35.2 Å². The molecular formula is C21H15N5. The second-order valence-corrected chi connectivity index (χ2v) is 6.17. The highest BCUT2D eigenvalue weighted by molar-refractivity contribution is 5.87. The maximum absolute atomic E-state index is 4.79. The van der Waals surface area contributed by atoms with Crippen LogP contribution in [0.1, 0.15) is 5.69 Å². The first-order valence-electron chi connectivity index (χ1n) is 8.42. The Bertz CT molecular complexity index is 1260. The average molecular weight is 337 g/mol. The Labute approximate surface area is 150 Å². The molecule has 0 radical (unpaired) electrons. The number of fused-ring (bicyclic) bond motifs is 2. The molecule has 0 N–H and O–H groups in total. The monoisotopic (exact) mass is 337 g/mol. The van der Waals surface area contributed by atoms with E-state index < -0.39 is 0 Å². The maximum atomic E-state index is 4.79. The molecule has 26 heavy (non-hydrogen) atoms. The SMILES string of the molecule is Cc1cccc(-c2c(-c3ccc4ncccc4c3)nc3ncccn23)n1. The number of benzene rings is 1. The van der Waals surface area contributed by atoms with Gasteiger partial charge in [-0.1, -0.05) is 18.2 Å². The minimum Gasteiger partial charge on any atom is -0.281 e. The molecule has 5 heteroatoms. The van der Waals surface area contributed by atoms with Crippen LogP contribution >= 0.6 is 0 Å². The number of nitrogens with zero attached hydrogens (tertiary/aromatic N) is 5. The molecule has 0 aliphatic rings. The minimum absolute atomic E-state index is 0.659. The molecule has 0 aliphatic heterocycles. The van der Waals surface area contributed by atoms with Crippen LogP contribution in [0.15, 0.2) is 73.2 Å². The van der Waals surface area contributed by atoms with E-state index in [0.717, 1.165) is 39.2 Å². The lowest BCUT2D eigenvalue weighted by Crippen LogP contribution is -1.94. The molecule has 0 aliphatic carbocycles. The fraction of sp³-hybridized carbons (Fsp3) is 0.0476. The third-order valence-corrected chi connectivity index (χ3v) is 4.41. The van der Waals surface area contributed by atoms with Gasteiger partial charge in [0.25, 0.3) is 0 Å². The van der Waals surface area contributed by atoms with E-state index in [1.807, 2.05) is 53.9 Å². The van der Waals surface area contributed by atoms with Gasteiger partial charge in [0.05, 0.1) is 11.2 Å². The predicted octanol–water partition coefficient (Wildman–Crippen LogP) is 4.31. The molecule has 0 unspecified atom stereocenters. The van der Waals surface area contributed by atoms with Crippen molar-refractivity contribution in [3.63, 3.8) is 0 Å². The highest BCUT2D eigenvalue weighted by Gasteiger charge is 2.17. The van der Waals surface area contributed by atoms with Crippen molar-refractivity contribution in [3.05, 3.63) is 78.9 Å². The van der Waals surface area contributed by atoms with Crippen molar-refractivity contribution in [2.75, 3.05) is 0 Å². The maximum Gasteiger partial charge on any atom is 0.234 e. The van der Waals surface area contributed by atoms with Crippen LogP contribution in [-0.4, -0.2) is 24.3 Å². The summed E-state index contributed by atoms with van der Waals surface area (Å²) < 4.78 is 1.99. The molecule has 124 valence electrons. The Kier molecular flexibility index (Phi) is 3.25. The molecule has 1 aromatic carbocycles. The molecule has 4 aromatic heterocycles. The van der Waals surface area contributed by atoms with Crippen LogP contribution in [0.25, 0.3) is 39.3 Å². The molecular weight excluding hydrogens is 322 g/mol. The van der Waals surface area contributed by atoms with Crippen molar-refractivity contribution >= 4 is 16.7 Å². The average Bonchev–Trinajstić information content (AvgIpc) is 3.07. The minimum atomic E-state index is 0.659. The zero-order valence-corrected chi connectivity index (χ0v) is 14.2. The number of imidazole rings is 1. The van der Waals surface area contributed by atoms with Gasteiger partial charge in [-0.2, -0.15) is 0 Å². The lowest BCUT2D eigenvalue weighted by Gasteiger charge is -2.06. The van der Waals surface area contributed by atoms with E-state index in [4.69, 9.17) is 9.97 Å². The first-order valence-corrected chi connectivity index (χ1v) is 8.42. The van der Waals surface area contributed by atoms with Crippen molar-refractivity contribution in [1.82, 2.24) is 24.3 Å². The summed E-state index contributed by atoms with van der Waals surface area (Å²) in [6.45, 7) is 1.99. The number of pyridine rings is 2. The van der Waals surface area contributed by atoms with Gasteiger partial charge in [0.15, 0.2) is 0 Å². The topological polar surface area (TPSA) is 56.0 Å². The second kappa shape index (κ2) is 5.74. The summed E-state index contributed by atoms with van der Waals surface area (Å²) in [6, 6.07) is 18.1. The van der Waals surface area contributed by atoms with E-state index in [1.165, 1.54) is 0 Å². The van der Waals surface area contributed by atoms with E-state index in [9.17, 15) is 0 Å². The van der Waals surface area contributed by atoms with Gasteiger partial charge in [-0.05, 0) is 43.3 Å². The van der Waals surface area contributed by atoms with Gasteiger partial charge in [-0.3, -0.25) is 14.4 Å². The van der Waals surface area contributed by atoms with Crippen molar-refractivity contribution in [1.29, 1.82) is 0 Å². The largest absolute Gasteiger partial charge is 0.281 e. The van der Waals surface area contributed by atoms with Crippen LogP contribution in [0.4, 0.5) is 0 Å². The van der Waals surface area contributed by atoms with E-state index >= 15 is 0 Å². The van der Waals surface area contributed by atoms with E-state index in [0.29, 0.717) is 5.78 Å². The summed E-state index contributed by atoms with van der Waals surface area (Å²) in [4.78, 5) is 18.3. The van der Waals surface area contributed by atoms with Gasteiger partial charge in [0.2, 0.25) is 5.78 Å². The quantitative estimate of drug-likeness (QED) is 0.481. The standard InChI is InChI=1S/C21H15N5/c1-14-5-2-7-18(24-14)20-19(25-21-23-11-4-12-26(20)21)16-8-9-17-15(13-16)6-3-10-22-17/h2-13H,1H3. The fourth-order valence-electron chi connectivity index (χ4n) is 3.23. The summed E-state index contributed by atoms with van der Waals surface area (Å²) in [7, 11) is 0. The van der Waals surface area contributed by atoms with Crippen LogP contribution in [-0.2, 0) is 0 Å². The third-order valence-electron chi connectivity index (χ3n) is 4.41. The lowest BCUT2D eigenvalue weighted by molar-refractivity contribution is 1.09. The molecule has 0 saturated heterocycles. The highest BCUT2D eigenvalue weighted by atomic mass is 15.1. The van der Waals surface area contributed by atoms with Crippen molar-refractivity contribution in [3.8, 4) is 22.6 Å². The Hall–Kier alpha value is -3.60. The first-order chi connectivity index (χ1) is 12.8. The summed E-state index contributed by atoms with van der Waals surface area (Å²) in [5.74, 6) is 0.659. The van der Waals surface area contributed by atoms with Gasteiger partial charge in [-0.25, -0.2) is 9.97 Å². The molecule has 5 nitrogen and oxygen atoms in total. The Morgan fingerprint density at radius 2 is 1.77 bits per heavy atom. The zero-order chi connectivity index (χ0) is 17.5. The molecule has 0 saturated carbocycles. The molecule has 5 aromatic rings. The summed E-state index contributed by atoms with van der Waals surface area (Å²) >= 11 is 0. The summed E-state index contributed by atoms with van der Waals surface area (Å²) in [5, 5.41) is 1.08. The number of hydrogen-bond donors (Lipinski definition) is 0. The third kappa shape index (κ3) is 2.33. The fourth-order valence-corrected chi connectivity index (χ4v) is 3.23. The Morgan fingerprint density at radius 1 is 0.846 bits per heavy atom. The molecule has 4 heterocycles. The smallest absolute Gasteiger partial charge is 0.234 e. The van der Waals surface area contributed by atoms with Crippen LogP contribution in [0, 0.1) is 6.92 Å². The zero-order valence-electron chi connectivity index (χ0n) is 14.2. The van der Waals surface area contributed by atoms with Gasteiger partial charge in [0.1, 0.15) is 11.4 Å². The summed E-state index contributed by atoms with van der Waals surface area (Å²) in [5.41, 5.74) is 5.65. The number of aryl methyl sites for hydroxylation is 1. The Balaban J connectivity index is 1.83. The molecule has 0 amide bonds. The molecule has 5 rings (SSSR count). The van der Waals surface area contributed by atoms with Crippen molar-refractivity contribution in [2.45, 2.75) is 6.92 Å². The van der Waals surface area contributed by atoms with E-state index in [2.05, 4.69) is 28.2 Å². The van der Waals surface area contributed by atoms with E-state index in [1.54, 1.807) is 12.4 Å². The van der Waals surface area contributed by atoms with Crippen LogP contribution in [0.2, 0.25) is 0 Å². The van der Waals surface area contributed by atoms with Crippen molar-refractivity contribution < 1.29 is 0 Å². The van der Waals surface area contributed by atoms with E-state index in [-0.39, 0.29) is 0 Å². The highest BCUT2D eigenvalue weighted by Crippen LogP contribution is 2.32. The second-order valence-electron chi connectivity index (χ2n) is 6.17. The number of rotatable bonds is 2.